The molecule has 3 nitrogen and oxygen atoms in total. The van der Waals surface area contributed by atoms with Crippen LogP contribution in [-0.2, 0) is 0 Å². The summed E-state index contributed by atoms with van der Waals surface area (Å²) < 4.78 is 4.90. The maximum Gasteiger partial charge on any atom is 0.0888 e. The molecule has 4 aromatic heterocycles. The van der Waals surface area contributed by atoms with Crippen LogP contribution in [0.5, 0.6) is 0 Å². The number of thiophene rings is 1. The van der Waals surface area contributed by atoms with Gasteiger partial charge >= 0.3 is 0 Å². The number of benzene rings is 3. The Morgan fingerprint density at radius 1 is 0.700 bits per heavy atom. The molecule has 0 unspecified atom stereocenters. The van der Waals surface area contributed by atoms with Crippen molar-refractivity contribution in [3.05, 3.63) is 91.4 Å². The largest absolute Gasteiger partial charge is 0.307 e. The first-order chi connectivity index (χ1) is 14.9. The summed E-state index contributed by atoms with van der Waals surface area (Å²) in [5, 5.41) is 6.25. The summed E-state index contributed by atoms with van der Waals surface area (Å²) in [4.78, 5) is 9.25. The lowest BCUT2D eigenvalue weighted by Crippen LogP contribution is -1.95. The summed E-state index contributed by atoms with van der Waals surface area (Å²) in [6.07, 6.45) is 5.67. The molecule has 4 heteroatoms. The van der Waals surface area contributed by atoms with Gasteiger partial charge in [-0.05, 0) is 30.3 Å². The van der Waals surface area contributed by atoms with Crippen LogP contribution in [0.25, 0.3) is 58.6 Å². The quantitative estimate of drug-likeness (QED) is 0.294. The molecule has 7 rings (SSSR count). The SMILES string of the molecule is c1cncc(-n2c3ccccc3c3c4cccnc4c4sc5ccccc5c4c32)c1. The molecule has 0 saturated heterocycles. The van der Waals surface area contributed by atoms with Gasteiger partial charge in [0.15, 0.2) is 0 Å². The summed E-state index contributed by atoms with van der Waals surface area (Å²) in [7, 11) is 0. The predicted molar refractivity (Wildman–Crippen MR) is 127 cm³/mol. The summed E-state index contributed by atoms with van der Waals surface area (Å²) in [5.41, 5.74) is 4.57. The van der Waals surface area contributed by atoms with E-state index in [2.05, 4.69) is 70.2 Å². The Morgan fingerprint density at radius 2 is 1.50 bits per heavy atom. The topological polar surface area (TPSA) is 30.7 Å². The van der Waals surface area contributed by atoms with Crippen LogP contribution in [0.3, 0.4) is 0 Å². The third kappa shape index (κ3) is 1.98. The van der Waals surface area contributed by atoms with E-state index in [1.54, 1.807) is 0 Å². The number of nitrogens with zero attached hydrogens (tertiary/aromatic N) is 3. The summed E-state index contributed by atoms with van der Waals surface area (Å²) >= 11 is 1.83. The van der Waals surface area contributed by atoms with Crippen molar-refractivity contribution in [2.45, 2.75) is 0 Å². The van der Waals surface area contributed by atoms with E-state index in [1.165, 1.54) is 47.4 Å². The fourth-order valence-corrected chi connectivity index (χ4v) is 5.95. The molecule has 0 aliphatic heterocycles. The van der Waals surface area contributed by atoms with E-state index in [9.17, 15) is 0 Å². The van der Waals surface area contributed by atoms with Gasteiger partial charge < -0.3 is 4.57 Å². The lowest BCUT2D eigenvalue weighted by atomic mass is 10.0. The Kier molecular flexibility index (Phi) is 3.15. The second-order valence-corrected chi connectivity index (χ2v) is 8.54. The van der Waals surface area contributed by atoms with Crippen molar-refractivity contribution >= 4 is 64.2 Å². The molecule has 30 heavy (non-hydrogen) atoms. The fourth-order valence-electron chi connectivity index (χ4n) is 4.74. The van der Waals surface area contributed by atoms with E-state index in [0.29, 0.717) is 0 Å². The minimum absolute atomic E-state index is 1.07. The zero-order valence-electron chi connectivity index (χ0n) is 15.9. The van der Waals surface area contributed by atoms with E-state index in [0.717, 1.165) is 11.2 Å². The number of rotatable bonds is 1. The highest BCUT2D eigenvalue weighted by Crippen LogP contribution is 2.46. The van der Waals surface area contributed by atoms with E-state index in [-0.39, 0.29) is 0 Å². The maximum absolute atomic E-state index is 4.83. The second-order valence-electron chi connectivity index (χ2n) is 7.49. The van der Waals surface area contributed by atoms with Gasteiger partial charge in [-0.25, -0.2) is 0 Å². The lowest BCUT2D eigenvalue weighted by molar-refractivity contribution is 1.15. The van der Waals surface area contributed by atoms with Crippen molar-refractivity contribution in [2.75, 3.05) is 0 Å². The van der Waals surface area contributed by atoms with Crippen LogP contribution in [0.15, 0.2) is 91.4 Å². The molecule has 0 N–H and O–H groups in total. The highest BCUT2D eigenvalue weighted by Gasteiger charge is 2.21. The monoisotopic (exact) mass is 401 g/mol. The number of aromatic nitrogens is 3. The number of pyridine rings is 2. The molecule has 0 radical (unpaired) electrons. The van der Waals surface area contributed by atoms with E-state index >= 15 is 0 Å². The minimum atomic E-state index is 1.07. The number of hydrogen-bond acceptors (Lipinski definition) is 3. The third-order valence-electron chi connectivity index (χ3n) is 5.90. The Balaban J connectivity index is 1.91. The van der Waals surface area contributed by atoms with Gasteiger partial charge in [-0.1, -0.05) is 42.5 Å². The lowest BCUT2D eigenvalue weighted by Gasteiger charge is -2.09. The third-order valence-corrected chi connectivity index (χ3v) is 7.08. The summed E-state index contributed by atoms with van der Waals surface area (Å²) in [6, 6.07) is 25.7. The van der Waals surface area contributed by atoms with Gasteiger partial charge in [0.2, 0.25) is 0 Å². The highest BCUT2D eigenvalue weighted by molar-refractivity contribution is 7.26. The molecule has 3 aromatic carbocycles. The van der Waals surface area contributed by atoms with Crippen LogP contribution in [0.2, 0.25) is 0 Å². The van der Waals surface area contributed by atoms with Crippen LogP contribution in [-0.4, -0.2) is 14.5 Å². The molecule has 0 atom stereocenters. The van der Waals surface area contributed by atoms with Gasteiger partial charge in [0, 0.05) is 44.0 Å². The predicted octanol–water partition coefficient (Wildman–Crippen LogP) is 7.09. The molecule has 0 fully saturated rings. The average molecular weight is 401 g/mol. The standard InChI is InChI=1S/C26H15N3S/c1-3-11-20-17(8-1)22-19-10-6-14-28-24(19)26-23(18-9-2-4-12-21(18)30-26)25(22)29(20)16-7-5-13-27-15-16/h1-15H. The van der Waals surface area contributed by atoms with Crippen molar-refractivity contribution in [2.24, 2.45) is 0 Å². The van der Waals surface area contributed by atoms with Crippen LogP contribution in [0, 0.1) is 0 Å². The van der Waals surface area contributed by atoms with Gasteiger partial charge in [-0.15, -0.1) is 11.3 Å². The molecule has 0 aliphatic rings. The Bertz CT molecular complexity index is 1740. The second kappa shape index (κ2) is 5.88. The van der Waals surface area contributed by atoms with E-state index in [1.807, 2.05) is 42.1 Å². The molecule has 0 saturated carbocycles. The Labute approximate surface area is 175 Å². The van der Waals surface area contributed by atoms with E-state index < -0.39 is 0 Å². The molecule has 0 spiro atoms. The molecule has 0 amide bonds. The van der Waals surface area contributed by atoms with E-state index in [4.69, 9.17) is 4.98 Å². The number of fused-ring (bicyclic) bond motifs is 10. The highest BCUT2D eigenvalue weighted by atomic mass is 32.1. The minimum Gasteiger partial charge on any atom is -0.307 e. The number of para-hydroxylation sites is 1. The zero-order chi connectivity index (χ0) is 19.7. The maximum atomic E-state index is 4.83. The first kappa shape index (κ1) is 16.1. The molecule has 0 bridgehead atoms. The van der Waals surface area contributed by atoms with Crippen molar-refractivity contribution in [3.63, 3.8) is 0 Å². The molecule has 7 aromatic rings. The molecule has 0 aliphatic carbocycles. The summed E-state index contributed by atoms with van der Waals surface area (Å²) in [6.45, 7) is 0. The van der Waals surface area contributed by atoms with Crippen LogP contribution in [0.4, 0.5) is 0 Å². The zero-order valence-corrected chi connectivity index (χ0v) is 16.7. The number of hydrogen-bond donors (Lipinski definition) is 0. The van der Waals surface area contributed by atoms with Gasteiger partial charge in [0.05, 0.1) is 33.1 Å². The molecular formula is C26H15N3S. The molecule has 140 valence electrons. The Morgan fingerprint density at radius 3 is 2.40 bits per heavy atom. The van der Waals surface area contributed by atoms with Crippen molar-refractivity contribution in [1.29, 1.82) is 0 Å². The average Bonchev–Trinajstić information content (AvgIpc) is 3.36. The molecular weight excluding hydrogens is 386 g/mol. The first-order valence-electron chi connectivity index (χ1n) is 9.93. The van der Waals surface area contributed by atoms with Crippen LogP contribution < -0.4 is 0 Å². The van der Waals surface area contributed by atoms with Crippen LogP contribution in [0.1, 0.15) is 0 Å². The van der Waals surface area contributed by atoms with Gasteiger partial charge in [-0.3, -0.25) is 9.97 Å². The Hall–Kier alpha value is -3.76. The fraction of sp³-hybridized carbons (Fsp3) is 0. The van der Waals surface area contributed by atoms with Crippen LogP contribution >= 0.6 is 11.3 Å². The van der Waals surface area contributed by atoms with Gasteiger partial charge in [-0.2, -0.15) is 0 Å². The smallest absolute Gasteiger partial charge is 0.0888 e. The summed E-state index contributed by atoms with van der Waals surface area (Å²) in [5.74, 6) is 0. The van der Waals surface area contributed by atoms with Gasteiger partial charge in [0.25, 0.3) is 0 Å². The molecule has 4 heterocycles. The first-order valence-corrected chi connectivity index (χ1v) is 10.7. The normalized spacial score (nSPS) is 12.0. The van der Waals surface area contributed by atoms with Crippen molar-refractivity contribution in [3.8, 4) is 5.69 Å². The van der Waals surface area contributed by atoms with Gasteiger partial charge in [0.1, 0.15) is 0 Å². The van der Waals surface area contributed by atoms with Crippen molar-refractivity contribution < 1.29 is 0 Å². The van der Waals surface area contributed by atoms with Crippen molar-refractivity contribution in [1.82, 2.24) is 14.5 Å².